The number of H-pyrrole nitrogens is 1. The number of aromatic nitrogens is 1. The van der Waals surface area contributed by atoms with Crippen molar-refractivity contribution >= 4 is 40.8 Å². The fourth-order valence-corrected chi connectivity index (χ4v) is 3.29. The third kappa shape index (κ3) is 4.19. The molecule has 1 fully saturated rings. The molecule has 23 heavy (non-hydrogen) atoms. The normalized spacial score (nSPS) is 15.0. The Balaban J connectivity index is 0.00000192. The Morgan fingerprint density at radius 1 is 1.30 bits per heavy atom. The van der Waals surface area contributed by atoms with E-state index in [2.05, 4.69) is 53.4 Å². The molecule has 0 amide bonds. The van der Waals surface area contributed by atoms with Crippen LogP contribution >= 0.6 is 24.0 Å². The van der Waals surface area contributed by atoms with Crippen LogP contribution < -0.4 is 5.32 Å². The molecule has 0 saturated carbocycles. The van der Waals surface area contributed by atoms with Crippen LogP contribution in [0.2, 0.25) is 0 Å². The number of nitrogens with one attached hydrogen (secondary N) is 2. The van der Waals surface area contributed by atoms with Gasteiger partial charge >= 0.3 is 0 Å². The van der Waals surface area contributed by atoms with Gasteiger partial charge in [0.25, 0.3) is 0 Å². The van der Waals surface area contributed by atoms with Crippen LogP contribution in [0.3, 0.4) is 0 Å². The number of hydrogen-bond donors (Lipinski definition) is 2. The molecule has 2 heterocycles. The molecule has 0 atom stereocenters. The number of hydrogen-bond acceptors (Lipinski definition) is 1. The number of benzene rings is 1. The Morgan fingerprint density at radius 2 is 2.09 bits per heavy atom. The van der Waals surface area contributed by atoms with Crippen molar-refractivity contribution in [1.29, 1.82) is 0 Å². The maximum absolute atomic E-state index is 4.82. The molecule has 0 radical (unpaired) electrons. The first kappa shape index (κ1) is 18.1. The molecule has 4 nitrogen and oxygen atoms in total. The number of halogens is 1. The summed E-state index contributed by atoms with van der Waals surface area (Å²) >= 11 is 0. The van der Waals surface area contributed by atoms with Crippen LogP contribution in [0.1, 0.15) is 30.9 Å². The van der Waals surface area contributed by atoms with Crippen LogP contribution in [0.5, 0.6) is 0 Å². The van der Waals surface area contributed by atoms with E-state index in [0.717, 1.165) is 38.6 Å². The van der Waals surface area contributed by atoms with E-state index in [-0.39, 0.29) is 24.0 Å². The Kier molecular flexibility index (Phi) is 6.74. The molecule has 0 unspecified atom stereocenters. The molecule has 0 aliphatic carbocycles. The van der Waals surface area contributed by atoms with Crippen molar-refractivity contribution in [3.05, 3.63) is 35.5 Å². The zero-order chi connectivity index (χ0) is 15.4. The van der Waals surface area contributed by atoms with Crippen molar-refractivity contribution in [2.75, 3.05) is 26.2 Å². The SMILES string of the molecule is CCNC(=NCCc1c[nH]c2cccc(C)c12)N1CCCC1.I. The van der Waals surface area contributed by atoms with Crippen LogP contribution in [0.4, 0.5) is 0 Å². The van der Waals surface area contributed by atoms with Crippen molar-refractivity contribution in [1.82, 2.24) is 15.2 Å². The van der Waals surface area contributed by atoms with Crippen LogP contribution in [-0.4, -0.2) is 42.0 Å². The van der Waals surface area contributed by atoms with Gasteiger partial charge in [0.15, 0.2) is 5.96 Å². The van der Waals surface area contributed by atoms with E-state index in [9.17, 15) is 0 Å². The maximum atomic E-state index is 4.82. The molecule has 3 rings (SSSR count). The first-order valence-corrected chi connectivity index (χ1v) is 8.38. The predicted molar refractivity (Wildman–Crippen MR) is 109 cm³/mol. The molecule has 1 aromatic carbocycles. The molecular weight excluding hydrogens is 399 g/mol. The number of likely N-dealkylation sites (tertiary alicyclic amines) is 1. The quantitative estimate of drug-likeness (QED) is 0.445. The lowest BCUT2D eigenvalue weighted by atomic mass is 10.1. The second kappa shape index (κ2) is 8.57. The lowest BCUT2D eigenvalue weighted by molar-refractivity contribution is 0.494. The average molecular weight is 426 g/mol. The van der Waals surface area contributed by atoms with Gasteiger partial charge in [0.1, 0.15) is 0 Å². The van der Waals surface area contributed by atoms with E-state index in [0.29, 0.717) is 0 Å². The minimum Gasteiger partial charge on any atom is -0.361 e. The van der Waals surface area contributed by atoms with Crippen molar-refractivity contribution in [3.8, 4) is 0 Å². The molecule has 0 bridgehead atoms. The van der Waals surface area contributed by atoms with Gasteiger partial charge in [0.05, 0.1) is 0 Å². The Bertz CT molecular complexity index is 656. The minimum atomic E-state index is 0. The maximum Gasteiger partial charge on any atom is 0.193 e. The van der Waals surface area contributed by atoms with E-state index in [1.807, 2.05) is 0 Å². The van der Waals surface area contributed by atoms with Gasteiger partial charge < -0.3 is 15.2 Å². The van der Waals surface area contributed by atoms with Crippen LogP contribution in [0.15, 0.2) is 29.4 Å². The van der Waals surface area contributed by atoms with Crippen molar-refractivity contribution in [2.45, 2.75) is 33.1 Å². The highest BCUT2D eigenvalue weighted by Gasteiger charge is 2.15. The molecule has 1 aliphatic rings. The molecule has 5 heteroatoms. The Labute approximate surface area is 155 Å². The summed E-state index contributed by atoms with van der Waals surface area (Å²) in [6.45, 7) is 8.35. The number of nitrogens with zero attached hydrogens (tertiary/aromatic N) is 2. The number of aryl methyl sites for hydroxylation is 1. The summed E-state index contributed by atoms with van der Waals surface area (Å²) in [5.41, 5.74) is 3.93. The standard InChI is InChI=1S/C18H26N4.HI/c1-3-19-18(22-11-4-5-12-22)20-10-9-15-13-21-16-8-6-7-14(2)17(15)16;/h6-8,13,21H,3-5,9-12H2,1-2H3,(H,19,20);1H. The van der Waals surface area contributed by atoms with E-state index in [4.69, 9.17) is 4.99 Å². The van der Waals surface area contributed by atoms with Gasteiger partial charge in [-0.2, -0.15) is 0 Å². The van der Waals surface area contributed by atoms with Gasteiger partial charge in [-0.25, -0.2) is 0 Å². The topological polar surface area (TPSA) is 43.4 Å². The summed E-state index contributed by atoms with van der Waals surface area (Å²) in [6, 6.07) is 6.42. The second-order valence-electron chi connectivity index (χ2n) is 5.99. The Hall–Kier alpha value is -1.24. The van der Waals surface area contributed by atoms with Gasteiger partial charge in [-0.3, -0.25) is 4.99 Å². The predicted octanol–water partition coefficient (Wildman–Crippen LogP) is 3.70. The second-order valence-corrected chi connectivity index (χ2v) is 5.99. The monoisotopic (exact) mass is 426 g/mol. The van der Waals surface area contributed by atoms with E-state index >= 15 is 0 Å². The highest BCUT2D eigenvalue weighted by Crippen LogP contribution is 2.22. The molecule has 2 aromatic rings. The fraction of sp³-hybridized carbons (Fsp3) is 0.500. The van der Waals surface area contributed by atoms with Gasteiger partial charge in [0.2, 0.25) is 0 Å². The van der Waals surface area contributed by atoms with Crippen LogP contribution in [0, 0.1) is 6.92 Å². The summed E-state index contributed by atoms with van der Waals surface area (Å²) in [7, 11) is 0. The lowest BCUT2D eigenvalue weighted by Crippen LogP contribution is -2.39. The fourth-order valence-electron chi connectivity index (χ4n) is 3.29. The highest BCUT2D eigenvalue weighted by atomic mass is 127. The van der Waals surface area contributed by atoms with Gasteiger partial charge in [0, 0.05) is 43.3 Å². The molecule has 0 spiro atoms. The lowest BCUT2D eigenvalue weighted by Gasteiger charge is -2.20. The Morgan fingerprint density at radius 3 is 2.83 bits per heavy atom. The van der Waals surface area contributed by atoms with Crippen LogP contribution in [0.25, 0.3) is 10.9 Å². The van der Waals surface area contributed by atoms with Gasteiger partial charge in [-0.1, -0.05) is 12.1 Å². The smallest absolute Gasteiger partial charge is 0.193 e. The van der Waals surface area contributed by atoms with Crippen molar-refractivity contribution in [3.63, 3.8) is 0 Å². The number of aromatic amines is 1. The number of aliphatic imine (C=N–C) groups is 1. The minimum absolute atomic E-state index is 0. The summed E-state index contributed by atoms with van der Waals surface area (Å²) in [5, 5.41) is 4.79. The number of fused-ring (bicyclic) bond motifs is 1. The molecule has 1 aromatic heterocycles. The summed E-state index contributed by atoms with van der Waals surface area (Å²) in [6.07, 6.45) is 5.68. The summed E-state index contributed by atoms with van der Waals surface area (Å²) < 4.78 is 0. The van der Waals surface area contributed by atoms with Crippen LogP contribution in [-0.2, 0) is 6.42 Å². The highest BCUT2D eigenvalue weighted by molar-refractivity contribution is 14.0. The van der Waals surface area contributed by atoms with E-state index < -0.39 is 0 Å². The van der Waals surface area contributed by atoms with E-state index in [1.165, 1.54) is 34.9 Å². The van der Waals surface area contributed by atoms with Crippen molar-refractivity contribution < 1.29 is 0 Å². The summed E-state index contributed by atoms with van der Waals surface area (Å²) in [5.74, 6) is 1.08. The molecule has 1 saturated heterocycles. The number of guanidine groups is 1. The zero-order valence-corrected chi connectivity index (χ0v) is 16.4. The van der Waals surface area contributed by atoms with Crippen molar-refractivity contribution in [2.24, 2.45) is 4.99 Å². The molecular formula is C18H27IN4. The first-order chi connectivity index (χ1) is 10.8. The first-order valence-electron chi connectivity index (χ1n) is 8.38. The number of rotatable bonds is 4. The van der Waals surface area contributed by atoms with Gasteiger partial charge in [-0.05, 0) is 50.3 Å². The largest absolute Gasteiger partial charge is 0.361 e. The third-order valence-corrected chi connectivity index (χ3v) is 4.38. The average Bonchev–Trinajstić information content (AvgIpc) is 3.16. The third-order valence-electron chi connectivity index (χ3n) is 4.38. The van der Waals surface area contributed by atoms with E-state index in [1.54, 1.807) is 0 Å². The molecule has 2 N–H and O–H groups in total. The molecule has 1 aliphatic heterocycles. The summed E-state index contributed by atoms with van der Waals surface area (Å²) in [4.78, 5) is 10.6. The zero-order valence-electron chi connectivity index (χ0n) is 14.1. The van der Waals surface area contributed by atoms with Gasteiger partial charge in [-0.15, -0.1) is 24.0 Å². The molecule has 126 valence electrons.